The predicted molar refractivity (Wildman–Crippen MR) is 107 cm³/mol. The van der Waals surface area contributed by atoms with E-state index in [4.69, 9.17) is 4.74 Å². The van der Waals surface area contributed by atoms with Gasteiger partial charge in [-0.15, -0.1) is 10.2 Å². The van der Waals surface area contributed by atoms with Gasteiger partial charge in [-0.25, -0.2) is 0 Å². The highest BCUT2D eigenvalue weighted by Gasteiger charge is 2.24. The molecule has 1 N–H and O–H groups in total. The van der Waals surface area contributed by atoms with Crippen LogP contribution in [0.3, 0.4) is 0 Å². The van der Waals surface area contributed by atoms with Gasteiger partial charge in [-0.05, 0) is 36.6 Å². The van der Waals surface area contributed by atoms with Gasteiger partial charge in [0.25, 0.3) is 0 Å². The first kappa shape index (κ1) is 17.2. The maximum absolute atomic E-state index is 12.3. The largest absolute Gasteiger partial charge is 0.378 e. The van der Waals surface area contributed by atoms with Crippen molar-refractivity contribution in [1.29, 1.82) is 0 Å². The molecule has 1 aliphatic heterocycles. The average Bonchev–Trinajstić information content (AvgIpc) is 3.48. The van der Waals surface area contributed by atoms with E-state index in [1.54, 1.807) is 0 Å². The Hall–Kier alpha value is -2.93. The number of morpholine rings is 1. The van der Waals surface area contributed by atoms with Gasteiger partial charge in [-0.2, -0.15) is 0 Å². The molecule has 0 radical (unpaired) electrons. The van der Waals surface area contributed by atoms with Crippen molar-refractivity contribution in [1.82, 2.24) is 20.1 Å². The normalized spacial score (nSPS) is 17.1. The molecule has 2 fully saturated rings. The molecule has 1 amide bonds. The van der Waals surface area contributed by atoms with E-state index in [-0.39, 0.29) is 5.91 Å². The van der Waals surface area contributed by atoms with E-state index in [0.717, 1.165) is 67.2 Å². The minimum Gasteiger partial charge on any atom is -0.378 e. The number of para-hydroxylation sites is 1. The van der Waals surface area contributed by atoms with Crippen LogP contribution in [0.25, 0.3) is 16.7 Å². The fourth-order valence-electron chi connectivity index (χ4n) is 3.67. The van der Waals surface area contributed by atoms with Gasteiger partial charge in [0, 0.05) is 30.7 Å². The fraction of sp³-hybridized carbons (Fsp3) is 0.381. The Bertz CT molecular complexity index is 988. The Labute approximate surface area is 163 Å². The number of nitrogens with zero attached hydrogens (tertiary/aromatic N) is 4. The molecule has 2 aliphatic rings. The van der Waals surface area contributed by atoms with Crippen molar-refractivity contribution in [2.45, 2.75) is 25.3 Å². The van der Waals surface area contributed by atoms with Crippen molar-refractivity contribution >= 4 is 22.6 Å². The van der Waals surface area contributed by atoms with Crippen molar-refractivity contribution in [2.24, 2.45) is 0 Å². The van der Waals surface area contributed by atoms with Crippen LogP contribution in [0, 0.1) is 0 Å². The summed E-state index contributed by atoms with van der Waals surface area (Å²) in [7, 11) is 0. The maximum atomic E-state index is 12.3. The maximum Gasteiger partial charge on any atom is 0.224 e. The van der Waals surface area contributed by atoms with Gasteiger partial charge in [0.15, 0.2) is 11.6 Å². The van der Waals surface area contributed by atoms with Crippen molar-refractivity contribution in [3.8, 4) is 5.82 Å². The lowest BCUT2D eigenvalue weighted by atomic mass is 10.1. The van der Waals surface area contributed by atoms with Crippen LogP contribution in [-0.4, -0.2) is 53.0 Å². The molecule has 0 spiro atoms. The number of hydrogen-bond acceptors (Lipinski definition) is 5. The number of anilines is 1. The molecule has 1 saturated carbocycles. The van der Waals surface area contributed by atoms with Crippen molar-refractivity contribution < 1.29 is 9.53 Å². The third-order valence-electron chi connectivity index (χ3n) is 5.31. The van der Waals surface area contributed by atoms with E-state index in [1.807, 2.05) is 35.0 Å². The summed E-state index contributed by atoms with van der Waals surface area (Å²) in [5.74, 6) is 1.70. The number of benzene rings is 1. The first-order valence-corrected chi connectivity index (χ1v) is 9.83. The first-order valence-electron chi connectivity index (χ1n) is 9.83. The molecule has 7 heteroatoms. The number of aromatic nitrogens is 3. The summed E-state index contributed by atoms with van der Waals surface area (Å²) in [6, 6.07) is 12.5. The van der Waals surface area contributed by atoms with Crippen molar-refractivity contribution in [3.05, 3.63) is 48.2 Å². The van der Waals surface area contributed by atoms with Gasteiger partial charge >= 0.3 is 0 Å². The highest BCUT2D eigenvalue weighted by Crippen LogP contribution is 2.26. The average molecular weight is 377 g/mol. The van der Waals surface area contributed by atoms with Gasteiger partial charge in [0.1, 0.15) is 0 Å². The highest BCUT2D eigenvalue weighted by atomic mass is 16.5. The van der Waals surface area contributed by atoms with Gasteiger partial charge in [0.2, 0.25) is 5.91 Å². The lowest BCUT2D eigenvalue weighted by molar-refractivity contribution is -0.120. The quantitative estimate of drug-likeness (QED) is 0.737. The predicted octanol–water partition coefficient (Wildman–Crippen LogP) is 2.08. The Morgan fingerprint density at radius 2 is 1.82 bits per heavy atom. The first-order chi connectivity index (χ1) is 13.8. The van der Waals surface area contributed by atoms with E-state index < -0.39 is 0 Å². The molecule has 7 nitrogen and oxygen atoms in total. The van der Waals surface area contributed by atoms with Gasteiger partial charge in [0.05, 0.1) is 25.2 Å². The van der Waals surface area contributed by atoms with Gasteiger partial charge < -0.3 is 15.0 Å². The molecule has 3 heterocycles. The summed E-state index contributed by atoms with van der Waals surface area (Å²) in [5.41, 5.74) is 2.04. The SMILES string of the molecule is O=C(Cc1cn(-c2ccc(N3CCOCC3)nn2)c2ccccc12)NC1CC1. The lowest BCUT2D eigenvalue weighted by Gasteiger charge is -2.27. The second-order valence-electron chi connectivity index (χ2n) is 7.41. The molecule has 0 atom stereocenters. The summed E-state index contributed by atoms with van der Waals surface area (Å²) in [6.45, 7) is 3.11. The minimum absolute atomic E-state index is 0.0825. The van der Waals surface area contributed by atoms with Gasteiger partial charge in [-0.3, -0.25) is 9.36 Å². The zero-order chi connectivity index (χ0) is 18.9. The van der Waals surface area contributed by atoms with Crippen LogP contribution in [-0.2, 0) is 16.0 Å². The lowest BCUT2D eigenvalue weighted by Crippen LogP contribution is -2.36. The summed E-state index contributed by atoms with van der Waals surface area (Å²) in [4.78, 5) is 14.5. The Morgan fingerprint density at radius 1 is 1.07 bits per heavy atom. The number of ether oxygens (including phenoxy) is 1. The molecule has 1 saturated heterocycles. The molecule has 144 valence electrons. The smallest absolute Gasteiger partial charge is 0.224 e. The molecule has 5 rings (SSSR count). The second-order valence-corrected chi connectivity index (χ2v) is 7.41. The number of amides is 1. The summed E-state index contributed by atoms with van der Waals surface area (Å²) in [6.07, 6.45) is 4.58. The summed E-state index contributed by atoms with van der Waals surface area (Å²) in [5, 5.41) is 13.0. The minimum atomic E-state index is 0.0825. The summed E-state index contributed by atoms with van der Waals surface area (Å²) < 4.78 is 7.42. The summed E-state index contributed by atoms with van der Waals surface area (Å²) >= 11 is 0. The Balaban J connectivity index is 1.44. The van der Waals surface area contributed by atoms with E-state index in [0.29, 0.717) is 12.5 Å². The molecule has 1 aliphatic carbocycles. The van der Waals surface area contributed by atoms with Crippen LogP contribution < -0.4 is 10.2 Å². The van der Waals surface area contributed by atoms with Gasteiger partial charge in [-0.1, -0.05) is 18.2 Å². The van der Waals surface area contributed by atoms with Crippen LogP contribution in [0.2, 0.25) is 0 Å². The van der Waals surface area contributed by atoms with Crippen LogP contribution in [0.1, 0.15) is 18.4 Å². The van der Waals surface area contributed by atoms with Crippen LogP contribution >= 0.6 is 0 Å². The van der Waals surface area contributed by atoms with E-state index >= 15 is 0 Å². The number of rotatable bonds is 5. The highest BCUT2D eigenvalue weighted by molar-refractivity contribution is 5.90. The van der Waals surface area contributed by atoms with Crippen LogP contribution in [0.4, 0.5) is 5.82 Å². The molecule has 3 aromatic rings. The fourth-order valence-corrected chi connectivity index (χ4v) is 3.67. The van der Waals surface area contributed by atoms with E-state index in [2.05, 4.69) is 32.5 Å². The molecular weight excluding hydrogens is 354 g/mol. The molecule has 28 heavy (non-hydrogen) atoms. The number of nitrogens with one attached hydrogen (secondary N) is 1. The monoisotopic (exact) mass is 377 g/mol. The van der Waals surface area contributed by atoms with E-state index in [1.165, 1.54) is 0 Å². The Kier molecular flexibility index (Phi) is 4.44. The molecule has 1 aromatic carbocycles. The number of carbonyl (C=O) groups is 1. The zero-order valence-electron chi connectivity index (χ0n) is 15.7. The van der Waals surface area contributed by atoms with Crippen molar-refractivity contribution in [2.75, 3.05) is 31.2 Å². The van der Waals surface area contributed by atoms with Crippen LogP contribution in [0.5, 0.6) is 0 Å². The van der Waals surface area contributed by atoms with Crippen molar-refractivity contribution in [3.63, 3.8) is 0 Å². The number of carbonyl (C=O) groups excluding carboxylic acids is 1. The third kappa shape index (κ3) is 3.45. The number of fused-ring (bicyclic) bond motifs is 1. The van der Waals surface area contributed by atoms with Crippen LogP contribution in [0.15, 0.2) is 42.6 Å². The molecule has 0 bridgehead atoms. The Morgan fingerprint density at radius 3 is 2.57 bits per heavy atom. The molecule has 2 aromatic heterocycles. The van der Waals surface area contributed by atoms with E-state index in [9.17, 15) is 4.79 Å². The third-order valence-corrected chi connectivity index (χ3v) is 5.31. The second kappa shape index (κ2) is 7.24. The zero-order valence-corrected chi connectivity index (χ0v) is 15.7. The topological polar surface area (TPSA) is 72.3 Å². The standard InChI is InChI=1S/C21H23N5O2/c27-21(22-16-5-6-16)13-15-14-26(18-4-2-1-3-17(15)18)20-8-7-19(23-24-20)25-9-11-28-12-10-25/h1-4,7-8,14,16H,5-6,9-13H2,(H,22,27). The number of hydrogen-bond donors (Lipinski definition) is 1. The molecular formula is C21H23N5O2. The molecule has 0 unspecified atom stereocenters.